The number of hydrogen-bond donors (Lipinski definition) is 1. The molecule has 0 bridgehead atoms. The number of aryl methyl sites for hydroxylation is 2. The van der Waals surface area contributed by atoms with Gasteiger partial charge in [0.15, 0.2) is 9.84 Å². The number of hydrogen-bond acceptors (Lipinski definition) is 4. The van der Waals surface area contributed by atoms with Gasteiger partial charge in [0.1, 0.15) is 0 Å². The quantitative estimate of drug-likeness (QED) is 0.819. The highest BCUT2D eigenvalue weighted by atomic mass is 32.2. The maximum Gasteiger partial charge on any atom is 0.329 e. The number of carbonyl (C=O) groups excluding carboxylic acids is 1. The summed E-state index contributed by atoms with van der Waals surface area (Å²) in [7, 11) is -3.08. The molecule has 1 aromatic heterocycles. The second-order valence-corrected chi connectivity index (χ2v) is 9.46. The van der Waals surface area contributed by atoms with Crippen molar-refractivity contribution in [3.8, 4) is 0 Å². The van der Waals surface area contributed by atoms with E-state index in [9.17, 15) is 18.0 Å². The minimum absolute atomic E-state index is 0.0263. The van der Waals surface area contributed by atoms with Gasteiger partial charge < -0.3 is 5.32 Å². The largest absolute Gasteiger partial charge is 0.350 e. The molecule has 1 saturated heterocycles. The maximum absolute atomic E-state index is 12.7. The van der Waals surface area contributed by atoms with Crippen molar-refractivity contribution in [3.05, 3.63) is 34.7 Å². The molecular formula is C18H25N3O4S. The van der Waals surface area contributed by atoms with E-state index in [1.807, 2.05) is 31.2 Å². The van der Waals surface area contributed by atoms with Crippen molar-refractivity contribution in [2.75, 3.05) is 11.5 Å². The second kappa shape index (κ2) is 6.90. The van der Waals surface area contributed by atoms with Crippen LogP contribution in [0.3, 0.4) is 0 Å². The summed E-state index contributed by atoms with van der Waals surface area (Å²) in [4.78, 5) is 25.0. The van der Waals surface area contributed by atoms with E-state index in [-0.39, 0.29) is 36.1 Å². The minimum Gasteiger partial charge on any atom is -0.350 e. The van der Waals surface area contributed by atoms with E-state index >= 15 is 0 Å². The highest BCUT2D eigenvalue weighted by Crippen LogP contribution is 2.23. The molecular weight excluding hydrogens is 354 g/mol. The topological polar surface area (TPSA) is 90.2 Å². The average molecular weight is 379 g/mol. The molecule has 7 nitrogen and oxygen atoms in total. The van der Waals surface area contributed by atoms with Crippen LogP contribution < -0.4 is 11.0 Å². The first-order valence-corrected chi connectivity index (χ1v) is 10.8. The lowest BCUT2D eigenvalue weighted by Gasteiger charge is -2.23. The smallest absolute Gasteiger partial charge is 0.329 e. The van der Waals surface area contributed by atoms with Crippen LogP contribution in [0.15, 0.2) is 29.1 Å². The van der Waals surface area contributed by atoms with E-state index in [2.05, 4.69) is 5.32 Å². The van der Waals surface area contributed by atoms with Gasteiger partial charge in [-0.25, -0.2) is 13.2 Å². The third kappa shape index (κ3) is 3.70. The van der Waals surface area contributed by atoms with Crippen LogP contribution in [0.4, 0.5) is 0 Å². The van der Waals surface area contributed by atoms with Gasteiger partial charge in [0, 0.05) is 19.5 Å². The molecule has 2 aromatic rings. The number of nitrogens with zero attached hydrogens (tertiary/aromatic N) is 2. The van der Waals surface area contributed by atoms with Crippen molar-refractivity contribution in [1.82, 2.24) is 14.5 Å². The molecule has 0 spiro atoms. The lowest BCUT2D eigenvalue weighted by atomic mass is 10.0. The van der Waals surface area contributed by atoms with E-state index in [1.165, 1.54) is 0 Å². The predicted octanol–water partition coefficient (Wildman–Crippen LogP) is 1.30. The summed E-state index contributed by atoms with van der Waals surface area (Å²) in [5, 5.41) is 2.84. The molecule has 0 aliphatic carbocycles. The highest BCUT2D eigenvalue weighted by molar-refractivity contribution is 7.91. The molecule has 2 heterocycles. The van der Waals surface area contributed by atoms with Gasteiger partial charge in [-0.05, 0) is 31.9 Å². The van der Waals surface area contributed by atoms with Crippen molar-refractivity contribution in [2.24, 2.45) is 0 Å². The lowest BCUT2D eigenvalue weighted by Crippen LogP contribution is -2.47. The Morgan fingerprint density at radius 3 is 2.35 bits per heavy atom. The maximum atomic E-state index is 12.7. The predicted molar refractivity (Wildman–Crippen MR) is 101 cm³/mol. The van der Waals surface area contributed by atoms with Gasteiger partial charge >= 0.3 is 5.69 Å². The Bertz CT molecular complexity index is 990. The Kier molecular flexibility index (Phi) is 4.96. The first kappa shape index (κ1) is 18.7. The molecule has 0 radical (unpaired) electrons. The molecule has 1 aliphatic heterocycles. The van der Waals surface area contributed by atoms with Crippen LogP contribution in [-0.4, -0.2) is 40.5 Å². The molecule has 1 fully saturated rings. The van der Waals surface area contributed by atoms with Gasteiger partial charge in [-0.3, -0.25) is 13.9 Å². The Morgan fingerprint density at radius 2 is 1.81 bits per heavy atom. The number of amides is 1. The first-order valence-electron chi connectivity index (χ1n) is 8.94. The van der Waals surface area contributed by atoms with Crippen LogP contribution in [-0.2, 0) is 27.7 Å². The zero-order valence-electron chi connectivity index (χ0n) is 15.2. The van der Waals surface area contributed by atoms with E-state index in [0.29, 0.717) is 13.0 Å². The molecule has 1 N–H and O–H groups in total. The number of benzene rings is 1. The molecule has 142 valence electrons. The van der Waals surface area contributed by atoms with Crippen molar-refractivity contribution < 1.29 is 13.2 Å². The monoisotopic (exact) mass is 379 g/mol. The van der Waals surface area contributed by atoms with Crippen LogP contribution in [0.2, 0.25) is 0 Å². The van der Waals surface area contributed by atoms with Crippen LogP contribution in [0.25, 0.3) is 11.0 Å². The van der Waals surface area contributed by atoms with E-state index in [1.54, 1.807) is 16.1 Å². The summed E-state index contributed by atoms with van der Waals surface area (Å²) in [5.74, 6) is -0.154. The van der Waals surface area contributed by atoms with Crippen LogP contribution >= 0.6 is 0 Å². The first-order chi connectivity index (χ1) is 12.2. The van der Waals surface area contributed by atoms with Crippen LogP contribution in [0, 0.1) is 0 Å². The summed E-state index contributed by atoms with van der Waals surface area (Å²) < 4.78 is 26.7. The molecule has 26 heavy (non-hydrogen) atoms. The zero-order valence-corrected chi connectivity index (χ0v) is 16.0. The summed E-state index contributed by atoms with van der Waals surface area (Å²) in [6.45, 7) is 4.68. The summed E-state index contributed by atoms with van der Waals surface area (Å²) >= 11 is 0. The Balaban J connectivity index is 1.75. The van der Waals surface area contributed by atoms with Crippen molar-refractivity contribution in [2.45, 2.75) is 51.7 Å². The zero-order chi connectivity index (χ0) is 18.9. The van der Waals surface area contributed by atoms with Gasteiger partial charge in [0.05, 0.1) is 28.1 Å². The molecule has 3 rings (SSSR count). The third-order valence-corrected chi connectivity index (χ3v) is 6.78. The number of para-hydroxylation sites is 2. The fourth-order valence-electron chi connectivity index (χ4n) is 3.65. The normalized spacial score (nSPS) is 21.9. The highest BCUT2D eigenvalue weighted by Gasteiger charge is 2.39. The minimum atomic E-state index is -3.08. The van der Waals surface area contributed by atoms with Crippen molar-refractivity contribution in [1.29, 1.82) is 0 Å². The second-order valence-electron chi connectivity index (χ2n) is 7.28. The van der Waals surface area contributed by atoms with Crippen LogP contribution in [0.5, 0.6) is 0 Å². The number of aromatic nitrogens is 2. The van der Waals surface area contributed by atoms with E-state index < -0.39 is 15.4 Å². The number of imidazole rings is 1. The fourth-order valence-corrected chi connectivity index (χ4v) is 5.74. The SMILES string of the molecule is CCCn1c(=O)n(CCC(=O)N[C@]2(C)CCS(=O)(=O)C2)c2ccccc21. The molecule has 1 amide bonds. The summed E-state index contributed by atoms with van der Waals surface area (Å²) in [6, 6.07) is 7.56. The third-order valence-electron chi connectivity index (χ3n) is 4.88. The van der Waals surface area contributed by atoms with Gasteiger partial charge in [0.25, 0.3) is 0 Å². The Hall–Kier alpha value is -2.09. The molecule has 8 heteroatoms. The van der Waals surface area contributed by atoms with Crippen molar-refractivity contribution >= 4 is 26.8 Å². The van der Waals surface area contributed by atoms with Gasteiger partial charge in [-0.2, -0.15) is 0 Å². The number of rotatable bonds is 6. The number of fused-ring (bicyclic) bond motifs is 1. The lowest BCUT2D eigenvalue weighted by molar-refractivity contribution is -0.122. The molecule has 1 atom stereocenters. The number of nitrogens with one attached hydrogen (secondary N) is 1. The van der Waals surface area contributed by atoms with Gasteiger partial charge in [-0.1, -0.05) is 19.1 Å². The standard InChI is InChI=1S/C18H25N3O4S/c1-3-10-20-14-6-4-5-7-15(14)21(17(20)23)11-8-16(22)19-18(2)9-12-26(24,25)13-18/h4-7H,3,8-13H2,1-2H3,(H,19,22)/t18-/m1/s1. The molecule has 1 aliphatic rings. The van der Waals surface area contributed by atoms with Crippen LogP contribution in [0.1, 0.15) is 33.1 Å². The van der Waals surface area contributed by atoms with Crippen molar-refractivity contribution in [3.63, 3.8) is 0 Å². The molecule has 0 unspecified atom stereocenters. The van der Waals surface area contributed by atoms with Gasteiger partial charge in [-0.15, -0.1) is 0 Å². The molecule has 0 saturated carbocycles. The van der Waals surface area contributed by atoms with E-state index in [4.69, 9.17) is 0 Å². The molecule has 1 aromatic carbocycles. The number of sulfone groups is 1. The summed E-state index contributed by atoms with van der Waals surface area (Å²) in [6.07, 6.45) is 1.41. The Labute approximate surface area is 152 Å². The van der Waals surface area contributed by atoms with E-state index in [0.717, 1.165) is 17.5 Å². The summed E-state index contributed by atoms with van der Waals surface area (Å²) in [5.41, 5.74) is 0.856. The number of carbonyl (C=O) groups is 1. The average Bonchev–Trinajstić information content (AvgIpc) is 3.00. The fraction of sp³-hybridized carbons (Fsp3) is 0.556. The Morgan fingerprint density at radius 1 is 1.19 bits per heavy atom. The van der Waals surface area contributed by atoms with Gasteiger partial charge in [0.2, 0.25) is 5.91 Å².